The largest absolute Gasteiger partial charge is 0.339 e. The van der Waals surface area contributed by atoms with Crippen LogP contribution in [0.4, 0.5) is 11.5 Å². The van der Waals surface area contributed by atoms with Gasteiger partial charge in [0, 0.05) is 36.9 Å². The van der Waals surface area contributed by atoms with Crippen molar-refractivity contribution in [3.8, 4) is 0 Å². The van der Waals surface area contributed by atoms with Crippen LogP contribution in [0.3, 0.4) is 0 Å². The number of anilines is 2. The predicted molar refractivity (Wildman–Crippen MR) is 114 cm³/mol. The smallest absolute Gasteiger partial charge is 0.256 e. The molecular formula is C20H19Cl2N5O2. The average molecular weight is 432 g/mol. The quantitative estimate of drug-likeness (QED) is 0.779. The maximum Gasteiger partial charge on any atom is 0.256 e. The lowest BCUT2D eigenvalue weighted by molar-refractivity contribution is -0.117. The van der Waals surface area contributed by atoms with Gasteiger partial charge in [-0.3, -0.25) is 9.59 Å². The second-order valence-corrected chi connectivity index (χ2v) is 7.87. The molecule has 1 aliphatic carbocycles. The second kappa shape index (κ2) is 8.00. The maximum absolute atomic E-state index is 13.0. The van der Waals surface area contributed by atoms with Gasteiger partial charge >= 0.3 is 0 Å². The summed E-state index contributed by atoms with van der Waals surface area (Å²) in [5.74, 6) is -0.0730. The first-order valence-electron chi connectivity index (χ1n) is 9.25. The first-order valence-corrected chi connectivity index (χ1v) is 10.0. The molecule has 1 aromatic carbocycles. The molecule has 1 atom stereocenters. The molecule has 0 saturated heterocycles. The second-order valence-electron chi connectivity index (χ2n) is 7.03. The average Bonchev–Trinajstić information content (AvgIpc) is 3.45. The molecule has 9 heteroatoms. The molecule has 29 heavy (non-hydrogen) atoms. The number of hydrogen-bond donors (Lipinski definition) is 1. The fourth-order valence-corrected chi connectivity index (χ4v) is 3.60. The number of benzene rings is 1. The summed E-state index contributed by atoms with van der Waals surface area (Å²) in [6, 6.07) is 7.89. The molecule has 0 spiro atoms. The minimum absolute atomic E-state index is 0.169. The number of amides is 2. The van der Waals surface area contributed by atoms with Crippen LogP contribution in [0, 0.1) is 0 Å². The molecule has 4 rings (SSSR count). The highest BCUT2D eigenvalue weighted by molar-refractivity contribution is 6.33. The van der Waals surface area contributed by atoms with Crippen LogP contribution in [0.2, 0.25) is 10.0 Å². The summed E-state index contributed by atoms with van der Waals surface area (Å²) in [5, 5.41) is 9.43. The van der Waals surface area contributed by atoms with Crippen molar-refractivity contribution < 1.29 is 9.59 Å². The van der Waals surface area contributed by atoms with Crippen LogP contribution in [0.5, 0.6) is 0 Å². The number of rotatable bonds is 5. The van der Waals surface area contributed by atoms with Crippen molar-refractivity contribution in [1.29, 1.82) is 0 Å². The Morgan fingerprint density at radius 3 is 2.76 bits per heavy atom. The Morgan fingerprint density at radius 2 is 2.03 bits per heavy atom. The molecule has 1 N–H and O–H groups in total. The van der Waals surface area contributed by atoms with E-state index in [0.29, 0.717) is 33.5 Å². The van der Waals surface area contributed by atoms with Crippen LogP contribution in [-0.2, 0) is 4.79 Å². The van der Waals surface area contributed by atoms with Crippen LogP contribution in [0.25, 0.3) is 0 Å². The van der Waals surface area contributed by atoms with Crippen LogP contribution >= 0.6 is 23.2 Å². The number of halogens is 2. The molecule has 1 unspecified atom stereocenters. The van der Waals surface area contributed by atoms with E-state index in [1.165, 1.54) is 5.01 Å². The molecule has 0 radical (unpaired) electrons. The standard InChI is InChI=1S/C20H19Cl2N5O2/c1-26(13-5-6-13)20(29)14-11-12(21)4-7-16(14)25-19(28)17-8-10-24-27(17)18-15(22)3-2-9-23-18/h2-4,7,9-11,13,17H,5-6,8H2,1H3,(H,25,28). The van der Waals surface area contributed by atoms with Gasteiger partial charge in [0.2, 0.25) is 5.91 Å². The minimum Gasteiger partial charge on any atom is -0.339 e. The number of nitrogens with zero attached hydrogens (tertiary/aromatic N) is 4. The first kappa shape index (κ1) is 19.7. The number of carbonyl (C=O) groups is 2. The first-order chi connectivity index (χ1) is 14.0. The number of hydrazone groups is 1. The summed E-state index contributed by atoms with van der Waals surface area (Å²) in [6.07, 6.45) is 5.61. The molecule has 2 aliphatic rings. The zero-order chi connectivity index (χ0) is 20.5. The molecule has 0 bridgehead atoms. The Kier molecular flexibility index (Phi) is 5.43. The highest BCUT2D eigenvalue weighted by Gasteiger charge is 2.34. The number of aromatic nitrogens is 1. The normalized spacial score (nSPS) is 18.0. The SMILES string of the molecule is CN(C(=O)c1cc(Cl)ccc1NC(=O)C1CC=NN1c1ncccc1Cl)C1CC1. The van der Waals surface area contributed by atoms with Crippen molar-refractivity contribution in [2.75, 3.05) is 17.4 Å². The minimum atomic E-state index is -0.623. The van der Waals surface area contributed by atoms with E-state index < -0.39 is 6.04 Å². The molecular weight excluding hydrogens is 413 g/mol. The molecule has 2 amide bonds. The lowest BCUT2D eigenvalue weighted by Gasteiger charge is -2.24. The fraction of sp³-hybridized carbons (Fsp3) is 0.300. The van der Waals surface area contributed by atoms with Crippen molar-refractivity contribution in [3.05, 3.63) is 52.1 Å². The summed E-state index contributed by atoms with van der Waals surface area (Å²) < 4.78 is 0. The number of nitrogens with one attached hydrogen (secondary N) is 1. The maximum atomic E-state index is 13.0. The van der Waals surface area contributed by atoms with Crippen LogP contribution < -0.4 is 10.3 Å². The third-order valence-electron chi connectivity index (χ3n) is 4.97. The Balaban J connectivity index is 1.57. The summed E-state index contributed by atoms with van der Waals surface area (Å²) in [4.78, 5) is 31.8. The van der Waals surface area contributed by atoms with Gasteiger partial charge in [0.05, 0.1) is 16.3 Å². The fourth-order valence-electron chi connectivity index (χ4n) is 3.22. The lowest BCUT2D eigenvalue weighted by atomic mass is 10.1. The van der Waals surface area contributed by atoms with E-state index in [9.17, 15) is 9.59 Å². The van der Waals surface area contributed by atoms with E-state index in [1.807, 2.05) is 0 Å². The van der Waals surface area contributed by atoms with Gasteiger partial charge in [-0.1, -0.05) is 23.2 Å². The van der Waals surface area contributed by atoms with Gasteiger partial charge in [0.25, 0.3) is 5.91 Å². The third kappa shape index (κ3) is 4.06. The molecule has 2 heterocycles. The van der Waals surface area contributed by atoms with E-state index >= 15 is 0 Å². The molecule has 1 aliphatic heterocycles. The van der Waals surface area contributed by atoms with Gasteiger partial charge in [0.1, 0.15) is 6.04 Å². The summed E-state index contributed by atoms with van der Waals surface area (Å²) in [6.45, 7) is 0. The van der Waals surface area contributed by atoms with E-state index in [2.05, 4.69) is 15.4 Å². The topological polar surface area (TPSA) is 77.9 Å². The van der Waals surface area contributed by atoms with Crippen molar-refractivity contribution in [3.63, 3.8) is 0 Å². The zero-order valence-corrected chi connectivity index (χ0v) is 17.2. The molecule has 1 fully saturated rings. The van der Waals surface area contributed by atoms with E-state index in [1.54, 1.807) is 54.7 Å². The summed E-state index contributed by atoms with van der Waals surface area (Å²) in [7, 11) is 1.77. The van der Waals surface area contributed by atoms with Crippen molar-refractivity contribution in [2.24, 2.45) is 5.10 Å². The van der Waals surface area contributed by atoms with Crippen molar-refractivity contribution in [1.82, 2.24) is 9.88 Å². The monoisotopic (exact) mass is 431 g/mol. The van der Waals surface area contributed by atoms with Gasteiger partial charge in [-0.25, -0.2) is 9.99 Å². The van der Waals surface area contributed by atoms with E-state index in [4.69, 9.17) is 23.2 Å². The van der Waals surface area contributed by atoms with Crippen molar-refractivity contribution in [2.45, 2.75) is 31.3 Å². The summed E-state index contributed by atoms with van der Waals surface area (Å²) in [5.41, 5.74) is 0.775. The van der Waals surface area contributed by atoms with Crippen LogP contribution in [0.1, 0.15) is 29.6 Å². The highest BCUT2D eigenvalue weighted by Crippen LogP contribution is 2.31. The lowest BCUT2D eigenvalue weighted by Crippen LogP contribution is -2.39. The van der Waals surface area contributed by atoms with Gasteiger partial charge < -0.3 is 10.2 Å². The number of pyridine rings is 1. The molecule has 2 aromatic rings. The Hall–Kier alpha value is -2.64. The summed E-state index contributed by atoms with van der Waals surface area (Å²) >= 11 is 12.3. The van der Waals surface area contributed by atoms with E-state index in [0.717, 1.165) is 12.8 Å². The van der Waals surface area contributed by atoms with Gasteiger partial charge in [-0.05, 0) is 43.2 Å². The van der Waals surface area contributed by atoms with Crippen LogP contribution in [-0.4, -0.2) is 47.0 Å². The predicted octanol–water partition coefficient (Wildman–Crippen LogP) is 3.83. The molecule has 1 saturated carbocycles. The number of carbonyl (C=O) groups excluding carboxylic acids is 2. The van der Waals surface area contributed by atoms with Crippen molar-refractivity contribution >= 4 is 52.7 Å². The third-order valence-corrected chi connectivity index (χ3v) is 5.50. The van der Waals surface area contributed by atoms with Crippen LogP contribution in [0.15, 0.2) is 41.6 Å². The molecule has 1 aromatic heterocycles. The Morgan fingerprint density at radius 1 is 1.24 bits per heavy atom. The number of hydrogen-bond acceptors (Lipinski definition) is 5. The molecule has 7 nitrogen and oxygen atoms in total. The molecule has 150 valence electrons. The van der Waals surface area contributed by atoms with E-state index in [-0.39, 0.29) is 17.9 Å². The van der Waals surface area contributed by atoms with Gasteiger partial charge in [-0.15, -0.1) is 0 Å². The Bertz CT molecular complexity index is 993. The highest BCUT2D eigenvalue weighted by atomic mass is 35.5. The van der Waals surface area contributed by atoms with Gasteiger partial charge in [0.15, 0.2) is 5.82 Å². The zero-order valence-electron chi connectivity index (χ0n) is 15.7. The Labute approximate surface area is 178 Å². The van der Waals surface area contributed by atoms with Gasteiger partial charge in [-0.2, -0.15) is 5.10 Å².